The van der Waals surface area contributed by atoms with Gasteiger partial charge in [0.1, 0.15) is 0 Å². The second kappa shape index (κ2) is 6.24. The highest BCUT2D eigenvalue weighted by atomic mass is 32.2. The van der Waals surface area contributed by atoms with Crippen LogP contribution in [0.5, 0.6) is 0 Å². The lowest BCUT2D eigenvalue weighted by Gasteiger charge is -2.27. The summed E-state index contributed by atoms with van der Waals surface area (Å²) in [5.74, 6) is 0. The number of rotatable bonds is 5. The molecule has 0 aliphatic rings. The van der Waals surface area contributed by atoms with Crippen LogP contribution in [0.25, 0.3) is 0 Å². The Morgan fingerprint density at radius 1 is 1.30 bits per heavy atom. The molecule has 0 spiro atoms. The lowest BCUT2D eigenvalue weighted by atomic mass is 9.89. The van der Waals surface area contributed by atoms with E-state index in [1.54, 1.807) is 18.2 Å². The van der Waals surface area contributed by atoms with Gasteiger partial charge >= 0.3 is 0 Å². The van der Waals surface area contributed by atoms with Crippen LogP contribution in [0.2, 0.25) is 0 Å². The van der Waals surface area contributed by atoms with Gasteiger partial charge in [0.2, 0.25) is 10.0 Å². The molecular formula is C15H26N2O2S. The second-order valence-electron chi connectivity index (χ2n) is 6.30. The van der Waals surface area contributed by atoms with Crippen molar-refractivity contribution in [2.45, 2.75) is 58.0 Å². The summed E-state index contributed by atoms with van der Waals surface area (Å²) in [4.78, 5) is 0.273. The van der Waals surface area contributed by atoms with Crippen molar-refractivity contribution in [3.05, 3.63) is 29.8 Å². The molecule has 0 heterocycles. The molecule has 0 amide bonds. The van der Waals surface area contributed by atoms with Crippen molar-refractivity contribution in [2.75, 3.05) is 0 Å². The zero-order valence-corrected chi connectivity index (χ0v) is 13.8. The Kier molecular flexibility index (Phi) is 5.35. The van der Waals surface area contributed by atoms with Crippen LogP contribution < -0.4 is 10.5 Å². The van der Waals surface area contributed by atoms with Crippen molar-refractivity contribution < 1.29 is 8.42 Å². The number of benzene rings is 1. The van der Waals surface area contributed by atoms with E-state index in [0.29, 0.717) is 0 Å². The van der Waals surface area contributed by atoms with Crippen LogP contribution in [0.3, 0.4) is 0 Å². The van der Waals surface area contributed by atoms with Crippen molar-refractivity contribution in [3.63, 3.8) is 0 Å². The first-order valence-electron chi connectivity index (χ1n) is 6.96. The Bertz CT molecular complexity index is 547. The molecule has 1 aromatic carbocycles. The van der Waals surface area contributed by atoms with Gasteiger partial charge in [0.15, 0.2) is 0 Å². The van der Waals surface area contributed by atoms with Crippen molar-refractivity contribution in [3.8, 4) is 0 Å². The summed E-state index contributed by atoms with van der Waals surface area (Å²) in [7, 11) is -3.51. The maximum Gasteiger partial charge on any atom is 0.240 e. The van der Waals surface area contributed by atoms with E-state index in [2.05, 4.69) is 4.72 Å². The SMILES string of the molecule is CCC(N)c1cccc(S(=O)(=O)NC(C)C(C)(C)C)c1. The van der Waals surface area contributed by atoms with Crippen molar-refractivity contribution in [1.29, 1.82) is 0 Å². The zero-order chi connectivity index (χ0) is 15.6. The highest BCUT2D eigenvalue weighted by Crippen LogP contribution is 2.22. The lowest BCUT2D eigenvalue weighted by molar-refractivity contribution is 0.317. The molecule has 0 saturated carbocycles. The van der Waals surface area contributed by atoms with Crippen LogP contribution in [-0.4, -0.2) is 14.5 Å². The molecule has 4 nitrogen and oxygen atoms in total. The van der Waals surface area contributed by atoms with E-state index in [1.807, 2.05) is 40.7 Å². The molecule has 5 heteroatoms. The molecule has 1 rings (SSSR count). The highest BCUT2D eigenvalue weighted by Gasteiger charge is 2.26. The molecule has 0 aliphatic heterocycles. The van der Waals surface area contributed by atoms with Gasteiger partial charge in [-0.15, -0.1) is 0 Å². The predicted molar refractivity (Wildman–Crippen MR) is 82.9 cm³/mol. The van der Waals surface area contributed by atoms with Gasteiger partial charge in [-0.3, -0.25) is 0 Å². The highest BCUT2D eigenvalue weighted by molar-refractivity contribution is 7.89. The lowest BCUT2D eigenvalue weighted by Crippen LogP contribution is -2.41. The number of sulfonamides is 1. The van der Waals surface area contributed by atoms with E-state index in [-0.39, 0.29) is 22.4 Å². The van der Waals surface area contributed by atoms with Gasteiger partial charge in [-0.1, -0.05) is 39.8 Å². The second-order valence-corrected chi connectivity index (χ2v) is 8.01. The molecule has 114 valence electrons. The third kappa shape index (κ3) is 4.30. The third-order valence-electron chi connectivity index (χ3n) is 3.67. The number of nitrogens with two attached hydrogens (primary N) is 1. The van der Waals surface area contributed by atoms with E-state index < -0.39 is 10.0 Å². The van der Waals surface area contributed by atoms with E-state index in [0.717, 1.165) is 12.0 Å². The van der Waals surface area contributed by atoms with Gasteiger partial charge in [0.05, 0.1) is 4.90 Å². The van der Waals surface area contributed by atoms with Crippen LogP contribution >= 0.6 is 0 Å². The quantitative estimate of drug-likeness (QED) is 0.878. The van der Waals surface area contributed by atoms with Crippen molar-refractivity contribution in [2.24, 2.45) is 11.1 Å². The van der Waals surface area contributed by atoms with Crippen LogP contribution in [0.1, 0.15) is 52.6 Å². The summed E-state index contributed by atoms with van der Waals surface area (Å²) < 4.78 is 27.5. The fourth-order valence-electron chi connectivity index (χ4n) is 1.63. The molecule has 0 aliphatic carbocycles. The van der Waals surface area contributed by atoms with E-state index in [9.17, 15) is 8.42 Å². The van der Waals surface area contributed by atoms with Crippen LogP contribution in [-0.2, 0) is 10.0 Å². The summed E-state index contributed by atoms with van der Waals surface area (Å²) in [6.45, 7) is 9.86. The van der Waals surface area contributed by atoms with E-state index in [1.165, 1.54) is 0 Å². The first-order valence-corrected chi connectivity index (χ1v) is 8.44. The van der Waals surface area contributed by atoms with E-state index in [4.69, 9.17) is 5.73 Å². The van der Waals surface area contributed by atoms with Gasteiger partial charge < -0.3 is 5.73 Å². The molecular weight excluding hydrogens is 272 g/mol. The minimum atomic E-state index is -3.51. The third-order valence-corrected chi connectivity index (χ3v) is 5.21. The Labute approximate surface area is 122 Å². The minimum absolute atomic E-state index is 0.134. The summed E-state index contributed by atoms with van der Waals surface area (Å²) in [6, 6.07) is 6.57. The number of hydrogen-bond donors (Lipinski definition) is 2. The molecule has 0 radical (unpaired) electrons. The van der Waals surface area contributed by atoms with Crippen LogP contribution in [0.4, 0.5) is 0 Å². The Morgan fingerprint density at radius 3 is 2.40 bits per heavy atom. The smallest absolute Gasteiger partial charge is 0.240 e. The van der Waals surface area contributed by atoms with E-state index >= 15 is 0 Å². The summed E-state index contributed by atoms with van der Waals surface area (Å²) in [5.41, 5.74) is 6.67. The maximum absolute atomic E-state index is 12.4. The van der Waals surface area contributed by atoms with Crippen LogP contribution in [0.15, 0.2) is 29.2 Å². The average Bonchev–Trinajstić information content (AvgIpc) is 2.36. The molecule has 2 atom stereocenters. The maximum atomic E-state index is 12.4. The molecule has 2 unspecified atom stereocenters. The Balaban J connectivity index is 3.05. The monoisotopic (exact) mass is 298 g/mol. The van der Waals surface area contributed by atoms with Gasteiger partial charge in [-0.2, -0.15) is 0 Å². The predicted octanol–water partition coefficient (Wildman–Crippen LogP) is 2.81. The molecule has 1 aromatic rings. The standard InChI is InChI=1S/C15H26N2O2S/c1-6-14(16)12-8-7-9-13(10-12)20(18,19)17-11(2)15(3,4)5/h7-11,14,17H,6,16H2,1-5H3. The molecule has 0 aromatic heterocycles. The summed E-state index contributed by atoms with van der Waals surface area (Å²) in [6.07, 6.45) is 0.773. The fraction of sp³-hybridized carbons (Fsp3) is 0.600. The zero-order valence-electron chi connectivity index (χ0n) is 13.0. The number of hydrogen-bond acceptors (Lipinski definition) is 3. The summed E-state index contributed by atoms with van der Waals surface area (Å²) in [5, 5.41) is 0. The van der Waals surface area contributed by atoms with Gasteiger partial charge in [0, 0.05) is 12.1 Å². The van der Waals surface area contributed by atoms with Crippen LogP contribution in [0, 0.1) is 5.41 Å². The van der Waals surface area contributed by atoms with Crippen molar-refractivity contribution >= 4 is 10.0 Å². The first kappa shape index (κ1) is 17.1. The normalized spacial score (nSPS) is 15.9. The van der Waals surface area contributed by atoms with Gasteiger partial charge in [0.25, 0.3) is 0 Å². The Hall–Kier alpha value is -0.910. The first-order chi connectivity index (χ1) is 9.08. The van der Waals surface area contributed by atoms with Gasteiger partial charge in [-0.25, -0.2) is 13.1 Å². The molecule has 3 N–H and O–H groups in total. The fourth-order valence-corrected chi connectivity index (χ4v) is 3.13. The summed E-state index contributed by atoms with van der Waals surface area (Å²) >= 11 is 0. The van der Waals surface area contributed by atoms with Crippen molar-refractivity contribution in [1.82, 2.24) is 4.72 Å². The largest absolute Gasteiger partial charge is 0.324 e. The molecule has 20 heavy (non-hydrogen) atoms. The molecule has 0 fully saturated rings. The molecule has 0 bridgehead atoms. The minimum Gasteiger partial charge on any atom is -0.324 e. The van der Waals surface area contributed by atoms with Gasteiger partial charge in [-0.05, 0) is 36.5 Å². The number of nitrogens with one attached hydrogen (secondary N) is 1. The Morgan fingerprint density at radius 2 is 1.90 bits per heavy atom. The molecule has 0 saturated heterocycles. The average molecular weight is 298 g/mol. The topological polar surface area (TPSA) is 72.2 Å².